The summed E-state index contributed by atoms with van der Waals surface area (Å²) in [7, 11) is 0. The second-order valence-corrected chi connectivity index (χ2v) is 10.2. The van der Waals surface area contributed by atoms with Gasteiger partial charge >= 0.3 is 11.9 Å². The monoisotopic (exact) mass is 457 g/mol. The fraction of sp³-hybridized carbons (Fsp3) is 0.478. The summed E-state index contributed by atoms with van der Waals surface area (Å²) in [6.45, 7) is 0. The lowest BCUT2D eigenvalue weighted by molar-refractivity contribution is -0.151. The van der Waals surface area contributed by atoms with Gasteiger partial charge in [-0.25, -0.2) is 9.48 Å². The molecule has 2 aromatic rings. The van der Waals surface area contributed by atoms with E-state index in [1.807, 2.05) is 0 Å². The molecule has 4 aliphatic rings. The number of nitrogens with one attached hydrogen (secondary N) is 1. The molecule has 4 aliphatic carbocycles. The van der Waals surface area contributed by atoms with Crippen molar-refractivity contribution in [3.8, 4) is 0 Å². The number of aromatic nitrogens is 2. The van der Waals surface area contributed by atoms with Crippen molar-refractivity contribution >= 4 is 34.9 Å². The molecule has 0 spiro atoms. The zero-order valence-corrected chi connectivity index (χ0v) is 18.1. The van der Waals surface area contributed by atoms with Crippen LogP contribution < -0.4 is 10.9 Å². The van der Waals surface area contributed by atoms with Crippen molar-refractivity contribution in [3.05, 3.63) is 51.4 Å². The first-order chi connectivity index (χ1) is 15.2. The molecule has 0 saturated heterocycles. The van der Waals surface area contributed by atoms with Gasteiger partial charge in [0.1, 0.15) is 5.02 Å². The third kappa shape index (κ3) is 3.46. The minimum Gasteiger partial charge on any atom is -0.481 e. The van der Waals surface area contributed by atoms with Gasteiger partial charge in [0.2, 0.25) is 0 Å². The average molecular weight is 458 g/mol. The van der Waals surface area contributed by atoms with Crippen LogP contribution in [0.5, 0.6) is 0 Å². The highest BCUT2D eigenvalue weighted by Gasteiger charge is 2.59. The van der Waals surface area contributed by atoms with Crippen LogP contribution in [0.15, 0.2) is 35.3 Å². The van der Waals surface area contributed by atoms with Gasteiger partial charge in [0.25, 0.3) is 5.56 Å². The van der Waals surface area contributed by atoms with Crippen LogP contribution in [0.2, 0.25) is 5.02 Å². The Bertz CT molecular complexity index is 1160. The Morgan fingerprint density at radius 3 is 2.56 bits per heavy atom. The number of aliphatic carboxylic acids is 1. The van der Waals surface area contributed by atoms with Crippen LogP contribution in [0.4, 0.5) is 11.4 Å². The Morgan fingerprint density at radius 2 is 1.91 bits per heavy atom. The Hall–Kier alpha value is -2.87. The van der Waals surface area contributed by atoms with Crippen molar-refractivity contribution in [2.75, 3.05) is 5.32 Å². The Balaban J connectivity index is 1.48. The SMILES string of the molecule is O=C(O)CC12C[C@H]3C[C@@H](C1)CC(n1ncc(Nc4cccc(C(=O)O)c4)c(Cl)c1=O)(C3)C2. The van der Waals surface area contributed by atoms with Crippen molar-refractivity contribution in [3.63, 3.8) is 0 Å². The topological polar surface area (TPSA) is 122 Å². The fourth-order valence-corrected chi connectivity index (χ4v) is 7.10. The Kier molecular flexibility index (Phi) is 4.81. The van der Waals surface area contributed by atoms with Gasteiger partial charge in [0.15, 0.2) is 0 Å². The lowest BCUT2D eigenvalue weighted by Crippen LogP contribution is -2.59. The summed E-state index contributed by atoms with van der Waals surface area (Å²) >= 11 is 6.46. The Labute approximate surface area is 189 Å². The van der Waals surface area contributed by atoms with E-state index in [2.05, 4.69) is 10.4 Å². The first kappa shape index (κ1) is 21.0. The van der Waals surface area contributed by atoms with E-state index in [0.717, 1.165) is 32.1 Å². The van der Waals surface area contributed by atoms with Gasteiger partial charge in [-0.15, -0.1) is 0 Å². The van der Waals surface area contributed by atoms with Crippen LogP contribution in [-0.4, -0.2) is 31.9 Å². The number of halogens is 1. The molecule has 4 atom stereocenters. The largest absolute Gasteiger partial charge is 0.481 e. The molecule has 9 heteroatoms. The van der Waals surface area contributed by atoms with Gasteiger partial charge in [-0.05, 0) is 74.0 Å². The third-order valence-corrected chi connectivity index (χ3v) is 7.80. The molecule has 6 rings (SSSR count). The van der Waals surface area contributed by atoms with Crippen molar-refractivity contribution in [2.45, 2.75) is 50.5 Å². The lowest BCUT2D eigenvalue weighted by Gasteiger charge is -2.61. The summed E-state index contributed by atoms with van der Waals surface area (Å²) < 4.78 is 1.50. The number of carboxylic acid groups (broad SMARTS) is 2. The van der Waals surface area contributed by atoms with Gasteiger partial charge < -0.3 is 15.5 Å². The zero-order valence-electron chi connectivity index (χ0n) is 17.4. The standard InChI is InChI=1S/C23H24ClN3O5/c24-19-17(26-16-3-1-2-15(5-16)21(31)32)11-25-27(20(19)30)23-8-13-4-14(9-23)7-22(6-13,12-23)10-18(28)29/h1-3,5,11,13-14,26H,4,6-10,12H2,(H,28,29)(H,31,32)/t13-,14+,22?,23?. The second kappa shape index (κ2) is 7.33. The lowest BCUT2D eigenvalue weighted by atomic mass is 9.46. The minimum absolute atomic E-state index is 0.0104. The number of carbonyl (C=O) groups is 2. The maximum Gasteiger partial charge on any atom is 0.335 e. The number of aromatic carboxylic acids is 1. The predicted octanol–water partition coefficient (Wildman–Crippen LogP) is 4.11. The molecule has 168 valence electrons. The van der Waals surface area contributed by atoms with Crippen molar-refractivity contribution < 1.29 is 19.8 Å². The van der Waals surface area contributed by atoms with E-state index in [0.29, 0.717) is 29.6 Å². The predicted molar refractivity (Wildman–Crippen MR) is 118 cm³/mol. The highest BCUT2D eigenvalue weighted by Crippen LogP contribution is 2.65. The first-order valence-corrected chi connectivity index (χ1v) is 11.2. The van der Waals surface area contributed by atoms with E-state index < -0.39 is 23.0 Å². The second-order valence-electron chi connectivity index (χ2n) is 9.86. The molecule has 1 aromatic heterocycles. The number of hydrogen-bond donors (Lipinski definition) is 3. The average Bonchev–Trinajstić information content (AvgIpc) is 2.69. The van der Waals surface area contributed by atoms with E-state index in [4.69, 9.17) is 11.6 Å². The molecule has 4 fully saturated rings. The van der Waals surface area contributed by atoms with Gasteiger partial charge in [0, 0.05) is 5.69 Å². The van der Waals surface area contributed by atoms with Crippen molar-refractivity contribution in [2.24, 2.45) is 17.3 Å². The van der Waals surface area contributed by atoms with Gasteiger partial charge in [0.05, 0.1) is 29.4 Å². The van der Waals surface area contributed by atoms with Crippen LogP contribution in [0, 0.1) is 17.3 Å². The number of anilines is 2. The van der Waals surface area contributed by atoms with Crippen LogP contribution in [0.3, 0.4) is 0 Å². The van der Waals surface area contributed by atoms with Crippen LogP contribution >= 0.6 is 11.6 Å². The quantitative estimate of drug-likeness (QED) is 0.596. The number of hydrogen-bond acceptors (Lipinski definition) is 5. The molecule has 2 unspecified atom stereocenters. The molecular weight excluding hydrogens is 434 g/mol. The van der Waals surface area contributed by atoms with Crippen LogP contribution in [0.1, 0.15) is 55.3 Å². The molecule has 0 amide bonds. The normalized spacial score (nSPS) is 30.3. The molecule has 4 saturated carbocycles. The van der Waals surface area contributed by atoms with E-state index in [1.54, 1.807) is 12.1 Å². The van der Waals surface area contributed by atoms with Gasteiger partial charge in [-0.3, -0.25) is 9.59 Å². The van der Waals surface area contributed by atoms with E-state index in [-0.39, 0.29) is 22.4 Å². The number of benzene rings is 1. The molecular formula is C23H24ClN3O5. The summed E-state index contributed by atoms with van der Waals surface area (Å²) in [5, 5.41) is 26.2. The molecule has 3 N–H and O–H groups in total. The summed E-state index contributed by atoms with van der Waals surface area (Å²) in [5.74, 6) is -1.03. The molecule has 1 aromatic carbocycles. The molecule has 0 aliphatic heterocycles. The molecule has 4 bridgehead atoms. The number of nitrogens with zero attached hydrogens (tertiary/aromatic N) is 2. The summed E-state index contributed by atoms with van der Waals surface area (Å²) in [6.07, 6.45) is 6.80. The number of carboxylic acids is 2. The highest BCUT2D eigenvalue weighted by molar-refractivity contribution is 6.33. The summed E-state index contributed by atoms with van der Waals surface area (Å²) in [5.41, 5.74) is -0.274. The van der Waals surface area contributed by atoms with Crippen molar-refractivity contribution in [1.82, 2.24) is 9.78 Å². The molecule has 8 nitrogen and oxygen atoms in total. The molecule has 32 heavy (non-hydrogen) atoms. The third-order valence-electron chi connectivity index (χ3n) is 7.43. The smallest absolute Gasteiger partial charge is 0.335 e. The maximum atomic E-state index is 13.3. The Morgan fingerprint density at radius 1 is 1.19 bits per heavy atom. The molecule has 1 heterocycles. The van der Waals surface area contributed by atoms with Gasteiger partial charge in [-0.1, -0.05) is 17.7 Å². The van der Waals surface area contributed by atoms with Gasteiger partial charge in [-0.2, -0.15) is 5.10 Å². The minimum atomic E-state index is -1.05. The van der Waals surface area contributed by atoms with Crippen LogP contribution in [-0.2, 0) is 10.3 Å². The zero-order chi connectivity index (χ0) is 22.7. The van der Waals surface area contributed by atoms with E-state index >= 15 is 0 Å². The molecule has 0 radical (unpaired) electrons. The van der Waals surface area contributed by atoms with E-state index in [1.165, 1.54) is 23.0 Å². The fourth-order valence-electron chi connectivity index (χ4n) is 6.92. The summed E-state index contributed by atoms with van der Waals surface area (Å²) in [4.78, 5) is 36.1. The van der Waals surface area contributed by atoms with E-state index in [9.17, 15) is 24.6 Å². The maximum absolute atomic E-state index is 13.3. The summed E-state index contributed by atoms with van der Waals surface area (Å²) in [6, 6.07) is 6.22. The first-order valence-electron chi connectivity index (χ1n) is 10.8. The van der Waals surface area contributed by atoms with Crippen molar-refractivity contribution in [1.29, 1.82) is 0 Å². The number of rotatable bonds is 6. The van der Waals surface area contributed by atoms with Crippen LogP contribution in [0.25, 0.3) is 0 Å². The highest BCUT2D eigenvalue weighted by atomic mass is 35.5.